The number of aromatic nitrogens is 2. The second kappa shape index (κ2) is 5.87. The highest BCUT2D eigenvalue weighted by Crippen LogP contribution is 2.15. The minimum atomic E-state index is 0.304. The molecule has 0 aliphatic carbocycles. The Morgan fingerprint density at radius 2 is 2.22 bits per heavy atom. The molecule has 1 unspecified atom stereocenters. The van der Waals surface area contributed by atoms with E-state index in [1.54, 1.807) is 0 Å². The van der Waals surface area contributed by atoms with E-state index in [0.717, 1.165) is 24.7 Å². The van der Waals surface area contributed by atoms with Crippen LogP contribution in [0, 0.1) is 5.92 Å². The van der Waals surface area contributed by atoms with Crippen molar-refractivity contribution in [3.05, 3.63) is 30.6 Å². The number of fused-ring (bicyclic) bond motifs is 1. The van der Waals surface area contributed by atoms with Gasteiger partial charge in [-0.3, -0.25) is 4.40 Å². The first-order chi connectivity index (χ1) is 8.72. The fraction of sp³-hybridized carbons (Fsp3) is 0.500. The SMILES string of the molecule is CCOCC(Nc1cccc2nccn12)C(C)C. The predicted octanol–water partition coefficient (Wildman–Crippen LogP) is 2.81. The quantitative estimate of drug-likeness (QED) is 0.853. The van der Waals surface area contributed by atoms with Crippen molar-refractivity contribution in [2.75, 3.05) is 18.5 Å². The van der Waals surface area contributed by atoms with Gasteiger partial charge in [0.2, 0.25) is 0 Å². The van der Waals surface area contributed by atoms with Crippen molar-refractivity contribution in [3.8, 4) is 0 Å². The Hall–Kier alpha value is -1.55. The number of ether oxygens (including phenoxy) is 1. The number of hydrogen-bond acceptors (Lipinski definition) is 3. The van der Waals surface area contributed by atoms with Gasteiger partial charge in [0, 0.05) is 19.0 Å². The molecule has 4 heteroatoms. The van der Waals surface area contributed by atoms with Crippen LogP contribution in [0.3, 0.4) is 0 Å². The van der Waals surface area contributed by atoms with Crippen molar-refractivity contribution in [2.45, 2.75) is 26.8 Å². The van der Waals surface area contributed by atoms with Crippen LogP contribution in [0.2, 0.25) is 0 Å². The van der Waals surface area contributed by atoms with E-state index in [9.17, 15) is 0 Å². The second-order valence-corrected chi connectivity index (χ2v) is 4.72. The zero-order valence-electron chi connectivity index (χ0n) is 11.3. The van der Waals surface area contributed by atoms with Crippen LogP contribution in [0.5, 0.6) is 0 Å². The molecule has 0 radical (unpaired) electrons. The summed E-state index contributed by atoms with van der Waals surface area (Å²) in [6, 6.07) is 6.38. The van der Waals surface area contributed by atoms with Crippen LogP contribution < -0.4 is 5.32 Å². The summed E-state index contributed by atoms with van der Waals surface area (Å²) in [4.78, 5) is 4.29. The molecule has 98 valence electrons. The van der Waals surface area contributed by atoms with Gasteiger partial charge in [-0.05, 0) is 25.0 Å². The van der Waals surface area contributed by atoms with Gasteiger partial charge in [-0.15, -0.1) is 0 Å². The Morgan fingerprint density at radius 1 is 1.39 bits per heavy atom. The van der Waals surface area contributed by atoms with Crippen LogP contribution in [0.25, 0.3) is 5.65 Å². The van der Waals surface area contributed by atoms with Crippen molar-refractivity contribution >= 4 is 11.5 Å². The Balaban J connectivity index is 2.17. The van der Waals surface area contributed by atoms with Gasteiger partial charge in [0.25, 0.3) is 0 Å². The van der Waals surface area contributed by atoms with E-state index in [2.05, 4.69) is 34.6 Å². The first-order valence-electron chi connectivity index (χ1n) is 6.48. The van der Waals surface area contributed by atoms with Crippen molar-refractivity contribution in [3.63, 3.8) is 0 Å². The molecule has 2 aromatic heterocycles. The molecule has 0 aliphatic rings. The molecule has 0 aliphatic heterocycles. The summed E-state index contributed by atoms with van der Waals surface area (Å²) in [6.45, 7) is 7.89. The summed E-state index contributed by atoms with van der Waals surface area (Å²) in [5, 5.41) is 3.54. The van der Waals surface area contributed by atoms with Crippen LogP contribution >= 0.6 is 0 Å². The lowest BCUT2D eigenvalue weighted by atomic mass is 10.1. The predicted molar refractivity (Wildman–Crippen MR) is 73.9 cm³/mol. The van der Waals surface area contributed by atoms with Crippen LogP contribution in [0.4, 0.5) is 5.82 Å². The van der Waals surface area contributed by atoms with Gasteiger partial charge in [0.15, 0.2) is 0 Å². The molecular weight excluding hydrogens is 226 g/mol. The van der Waals surface area contributed by atoms with Gasteiger partial charge in [-0.2, -0.15) is 0 Å². The molecule has 2 heterocycles. The largest absolute Gasteiger partial charge is 0.380 e. The lowest BCUT2D eigenvalue weighted by Crippen LogP contribution is -2.31. The van der Waals surface area contributed by atoms with E-state index in [1.807, 2.05) is 31.5 Å². The van der Waals surface area contributed by atoms with Crippen molar-refractivity contribution in [1.29, 1.82) is 0 Å². The zero-order chi connectivity index (χ0) is 13.0. The number of hydrogen-bond donors (Lipinski definition) is 1. The maximum absolute atomic E-state index is 5.54. The van der Waals surface area contributed by atoms with E-state index >= 15 is 0 Å². The van der Waals surface area contributed by atoms with Gasteiger partial charge < -0.3 is 10.1 Å². The number of rotatable bonds is 6. The van der Waals surface area contributed by atoms with Crippen LogP contribution in [0.15, 0.2) is 30.6 Å². The maximum atomic E-state index is 5.54. The summed E-state index contributed by atoms with van der Waals surface area (Å²) < 4.78 is 7.59. The van der Waals surface area contributed by atoms with E-state index in [-0.39, 0.29) is 0 Å². The standard InChI is InChI=1S/C14H21N3O/c1-4-18-10-12(11(2)3)16-14-7-5-6-13-15-8-9-17(13)14/h5-9,11-12,16H,4,10H2,1-3H3. The number of pyridine rings is 1. The molecule has 1 atom stereocenters. The topological polar surface area (TPSA) is 38.6 Å². The Bertz CT molecular complexity index is 492. The number of imidazole rings is 1. The third-order valence-corrected chi connectivity index (χ3v) is 3.07. The third kappa shape index (κ3) is 2.82. The third-order valence-electron chi connectivity index (χ3n) is 3.07. The summed E-state index contributed by atoms with van der Waals surface area (Å²) in [5.41, 5.74) is 0.957. The summed E-state index contributed by atoms with van der Waals surface area (Å²) in [5.74, 6) is 1.57. The Morgan fingerprint density at radius 3 is 2.94 bits per heavy atom. The van der Waals surface area contributed by atoms with E-state index in [4.69, 9.17) is 4.74 Å². The maximum Gasteiger partial charge on any atom is 0.138 e. The molecule has 0 spiro atoms. The van der Waals surface area contributed by atoms with Gasteiger partial charge >= 0.3 is 0 Å². The normalized spacial score (nSPS) is 13.1. The summed E-state index contributed by atoms with van der Waals surface area (Å²) in [6.07, 6.45) is 3.78. The van der Waals surface area contributed by atoms with E-state index in [0.29, 0.717) is 12.0 Å². The van der Waals surface area contributed by atoms with Gasteiger partial charge in [-0.1, -0.05) is 19.9 Å². The molecule has 2 rings (SSSR count). The fourth-order valence-corrected chi connectivity index (χ4v) is 1.90. The van der Waals surface area contributed by atoms with Crippen molar-refractivity contribution in [2.24, 2.45) is 5.92 Å². The Labute approximate surface area is 108 Å². The smallest absolute Gasteiger partial charge is 0.138 e. The molecule has 0 saturated heterocycles. The van der Waals surface area contributed by atoms with E-state index < -0.39 is 0 Å². The monoisotopic (exact) mass is 247 g/mol. The van der Waals surface area contributed by atoms with Gasteiger partial charge in [0.1, 0.15) is 11.5 Å². The molecule has 18 heavy (non-hydrogen) atoms. The molecule has 0 aromatic carbocycles. The molecule has 0 fully saturated rings. The lowest BCUT2D eigenvalue weighted by molar-refractivity contribution is 0.126. The molecule has 4 nitrogen and oxygen atoms in total. The molecule has 0 saturated carbocycles. The molecule has 1 N–H and O–H groups in total. The first kappa shape index (κ1) is 12.9. The van der Waals surface area contributed by atoms with E-state index in [1.165, 1.54) is 0 Å². The van der Waals surface area contributed by atoms with Crippen LogP contribution in [0.1, 0.15) is 20.8 Å². The highest BCUT2D eigenvalue weighted by molar-refractivity contribution is 5.50. The molecule has 0 bridgehead atoms. The van der Waals surface area contributed by atoms with Crippen molar-refractivity contribution < 1.29 is 4.74 Å². The minimum Gasteiger partial charge on any atom is -0.380 e. The van der Waals surface area contributed by atoms with Gasteiger partial charge in [0.05, 0.1) is 12.6 Å². The molecule has 2 aromatic rings. The average molecular weight is 247 g/mol. The summed E-state index contributed by atoms with van der Waals surface area (Å²) >= 11 is 0. The lowest BCUT2D eigenvalue weighted by Gasteiger charge is -2.23. The highest BCUT2D eigenvalue weighted by Gasteiger charge is 2.14. The number of nitrogens with zero attached hydrogens (tertiary/aromatic N) is 2. The van der Waals surface area contributed by atoms with Gasteiger partial charge in [-0.25, -0.2) is 4.98 Å². The fourth-order valence-electron chi connectivity index (χ4n) is 1.90. The van der Waals surface area contributed by atoms with Crippen LogP contribution in [-0.2, 0) is 4.74 Å². The minimum absolute atomic E-state index is 0.304. The first-order valence-corrected chi connectivity index (χ1v) is 6.48. The second-order valence-electron chi connectivity index (χ2n) is 4.72. The number of anilines is 1. The van der Waals surface area contributed by atoms with Crippen molar-refractivity contribution in [1.82, 2.24) is 9.38 Å². The molecule has 0 amide bonds. The number of nitrogens with one attached hydrogen (secondary N) is 1. The Kier molecular flexibility index (Phi) is 4.20. The molecular formula is C14H21N3O. The average Bonchev–Trinajstić information content (AvgIpc) is 2.83. The zero-order valence-corrected chi connectivity index (χ0v) is 11.3. The highest BCUT2D eigenvalue weighted by atomic mass is 16.5. The van der Waals surface area contributed by atoms with Crippen LogP contribution in [-0.4, -0.2) is 28.6 Å². The summed E-state index contributed by atoms with van der Waals surface area (Å²) in [7, 11) is 0.